The molecule has 0 atom stereocenters. The van der Waals surface area contributed by atoms with E-state index in [0.717, 1.165) is 11.8 Å². The van der Waals surface area contributed by atoms with Crippen molar-refractivity contribution < 1.29 is 8.42 Å². The minimum Gasteiger partial charge on any atom is -0.313 e. The fraction of sp³-hybridized carbons (Fsp3) is 1.00. The zero-order chi connectivity index (χ0) is 11.5. The third-order valence-corrected chi connectivity index (χ3v) is 5.11. The predicted molar refractivity (Wildman–Crippen MR) is 63.7 cm³/mol. The number of sulfone groups is 1. The molecule has 0 saturated heterocycles. The Morgan fingerprint density at radius 2 is 1.93 bits per heavy atom. The highest BCUT2D eigenvalue weighted by Crippen LogP contribution is 2.33. The molecule has 90 valence electrons. The first kappa shape index (κ1) is 13.0. The lowest BCUT2D eigenvalue weighted by Crippen LogP contribution is -2.44. The van der Waals surface area contributed by atoms with Gasteiger partial charge in [0, 0.05) is 18.3 Å². The van der Waals surface area contributed by atoms with Crippen LogP contribution >= 0.6 is 0 Å². The van der Waals surface area contributed by atoms with Gasteiger partial charge in [0.25, 0.3) is 0 Å². The highest BCUT2D eigenvalue weighted by atomic mass is 32.2. The largest absolute Gasteiger partial charge is 0.313 e. The summed E-state index contributed by atoms with van der Waals surface area (Å²) in [5.41, 5.74) is 0. The van der Waals surface area contributed by atoms with Gasteiger partial charge in [-0.05, 0) is 24.7 Å². The highest BCUT2D eigenvalue weighted by Gasteiger charge is 2.30. The van der Waals surface area contributed by atoms with E-state index in [4.69, 9.17) is 0 Å². The average Bonchev–Trinajstić information content (AvgIpc) is 2.08. The molecular formula is C11H23NO2S. The van der Waals surface area contributed by atoms with E-state index in [0.29, 0.717) is 12.6 Å². The smallest absolute Gasteiger partial charge is 0.151 e. The van der Waals surface area contributed by atoms with Crippen molar-refractivity contribution in [3.8, 4) is 0 Å². The monoisotopic (exact) mass is 233 g/mol. The van der Waals surface area contributed by atoms with Gasteiger partial charge < -0.3 is 5.32 Å². The Kier molecular flexibility index (Phi) is 4.59. The summed E-state index contributed by atoms with van der Waals surface area (Å²) in [6.07, 6.45) is 2.42. The van der Waals surface area contributed by atoms with Crippen molar-refractivity contribution in [2.24, 2.45) is 11.8 Å². The lowest BCUT2D eigenvalue weighted by atomic mass is 9.74. The van der Waals surface area contributed by atoms with E-state index in [1.54, 1.807) is 6.92 Å². The third kappa shape index (κ3) is 4.11. The molecule has 0 bridgehead atoms. The van der Waals surface area contributed by atoms with E-state index in [1.165, 1.54) is 12.8 Å². The molecule has 1 aliphatic carbocycles. The standard InChI is InChI=1S/C11H23NO2S/c1-4-15(13,14)6-5-12-11-7-10(8-11)9(2)3/h9-12H,4-8H2,1-3H3. The van der Waals surface area contributed by atoms with Crippen LogP contribution in [0.1, 0.15) is 33.6 Å². The van der Waals surface area contributed by atoms with Crippen LogP contribution in [0.2, 0.25) is 0 Å². The van der Waals surface area contributed by atoms with Crippen LogP contribution in [0.3, 0.4) is 0 Å². The number of nitrogens with one attached hydrogen (secondary N) is 1. The van der Waals surface area contributed by atoms with Crippen LogP contribution < -0.4 is 5.32 Å². The van der Waals surface area contributed by atoms with Gasteiger partial charge in [0.1, 0.15) is 0 Å². The molecule has 0 amide bonds. The summed E-state index contributed by atoms with van der Waals surface area (Å²) in [6, 6.07) is 0.560. The first-order chi connectivity index (χ1) is 6.94. The second kappa shape index (κ2) is 5.30. The Hall–Kier alpha value is -0.0900. The Balaban J connectivity index is 2.09. The maximum absolute atomic E-state index is 11.2. The summed E-state index contributed by atoms with van der Waals surface area (Å²) >= 11 is 0. The molecule has 1 rings (SSSR count). The molecule has 0 aromatic carbocycles. The van der Waals surface area contributed by atoms with Gasteiger partial charge in [-0.15, -0.1) is 0 Å². The van der Waals surface area contributed by atoms with Crippen molar-refractivity contribution in [2.75, 3.05) is 18.1 Å². The van der Waals surface area contributed by atoms with Crippen molar-refractivity contribution in [1.82, 2.24) is 5.32 Å². The fourth-order valence-electron chi connectivity index (χ4n) is 1.94. The van der Waals surface area contributed by atoms with Crippen molar-refractivity contribution in [3.63, 3.8) is 0 Å². The van der Waals surface area contributed by atoms with E-state index < -0.39 is 9.84 Å². The number of hydrogen-bond donors (Lipinski definition) is 1. The van der Waals surface area contributed by atoms with Crippen molar-refractivity contribution in [3.05, 3.63) is 0 Å². The Morgan fingerprint density at radius 3 is 2.40 bits per heavy atom. The van der Waals surface area contributed by atoms with E-state index in [-0.39, 0.29) is 11.5 Å². The van der Waals surface area contributed by atoms with Crippen LogP contribution in [-0.2, 0) is 9.84 Å². The van der Waals surface area contributed by atoms with Crippen LogP contribution in [0.15, 0.2) is 0 Å². The molecule has 0 radical (unpaired) electrons. The van der Waals surface area contributed by atoms with Gasteiger partial charge in [-0.2, -0.15) is 0 Å². The van der Waals surface area contributed by atoms with Crippen LogP contribution in [-0.4, -0.2) is 32.5 Å². The molecule has 0 aliphatic heterocycles. The molecule has 3 nitrogen and oxygen atoms in total. The van der Waals surface area contributed by atoms with E-state index in [2.05, 4.69) is 19.2 Å². The maximum atomic E-state index is 11.2. The van der Waals surface area contributed by atoms with Crippen molar-refractivity contribution in [1.29, 1.82) is 0 Å². The molecule has 0 heterocycles. The molecule has 1 N–H and O–H groups in total. The SMILES string of the molecule is CCS(=O)(=O)CCNC1CC(C(C)C)C1. The lowest BCUT2D eigenvalue weighted by Gasteiger charge is -2.38. The average molecular weight is 233 g/mol. The molecule has 0 spiro atoms. The summed E-state index contributed by atoms with van der Waals surface area (Å²) in [4.78, 5) is 0. The van der Waals surface area contributed by atoms with Gasteiger partial charge in [-0.25, -0.2) is 8.42 Å². The first-order valence-corrected chi connectivity index (χ1v) is 7.70. The van der Waals surface area contributed by atoms with Gasteiger partial charge in [0.2, 0.25) is 0 Å². The molecule has 0 unspecified atom stereocenters. The number of hydrogen-bond acceptors (Lipinski definition) is 3. The Morgan fingerprint density at radius 1 is 1.33 bits per heavy atom. The van der Waals surface area contributed by atoms with Crippen LogP contribution in [0.5, 0.6) is 0 Å². The zero-order valence-corrected chi connectivity index (χ0v) is 10.8. The molecule has 15 heavy (non-hydrogen) atoms. The Bertz CT molecular complexity index is 279. The minimum atomic E-state index is -2.79. The van der Waals surface area contributed by atoms with Gasteiger partial charge in [0.05, 0.1) is 5.75 Å². The fourth-order valence-corrected chi connectivity index (χ4v) is 2.65. The normalized spacial score (nSPS) is 26.7. The van der Waals surface area contributed by atoms with Gasteiger partial charge in [0.15, 0.2) is 9.84 Å². The van der Waals surface area contributed by atoms with Crippen molar-refractivity contribution >= 4 is 9.84 Å². The molecule has 1 aliphatic rings. The molecule has 0 aromatic rings. The molecule has 1 fully saturated rings. The molecular weight excluding hydrogens is 210 g/mol. The predicted octanol–water partition coefficient (Wildman–Crippen LogP) is 1.45. The first-order valence-electron chi connectivity index (χ1n) is 5.88. The maximum Gasteiger partial charge on any atom is 0.151 e. The molecule has 4 heteroatoms. The highest BCUT2D eigenvalue weighted by molar-refractivity contribution is 7.91. The molecule has 0 aromatic heterocycles. The summed E-state index contributed by atoms with van der Waals surface area (Å²) in [6.45, 7) is 6.82. The summed E-state index contributed by atoms with van der Waals surface area (Å²) in [7, 11) is -2.79. The summed E-state index contributed by atoms with van der Waals surface area (Å²) < 4.78 is 22.4. The van der Waals surface area contributed by atoms with Gasteiger partial charge in [-0.3, -0.25) is 0 Å². The van der Waals surface area contributed by atoms with E-state index >= 15 is 0 Å². The minimum absolute atomic E-state index is 0.258. The second-order valence-electron chi connectivity index (χ2n) is 4.86. The quantitative estimate of drug-likeness (QED) is 0.755. The third-order valence-electron chi connectivity index (χ3n) is 3.40. The zero-order valence-electron chi connectivity index (χ0n) is 9.99. The van der Waals surface area contributed by atoms with Crippen LogP contribution in [0.4, 0.5) is 0 Å². The lowest BCUT2D eigenvalue weighted by molar-refractivity contribution is 0.171. The topological polar surface area (TPSA) is 46.2 Å². The summed E-state index contributed by atoms with van der Waals surface area (Å²) in [5, 5.41) is 3.32. The van der Waals surface area contributed by atoms with Crippen LogP contribution in [0.25, 0.3) is 0 Å². The van der Waals surface area contributed by atoms with E-state index in [9.17, 15) is 8.42 Å². The van der Waals surface area contributed by atoms with E-state index in [1.807, 2.05) is 0 Å². The second-order valence-corrected chi connectivity index (χ2v) is 7.34. The van der Waals surface area contributed by atoms with Crippen LogP contribution in [0, 0.1) is 11.8 Å². The van der Waals surface area contributed by atoms with Crippen molar-refractivity contribution in [2.45, 2.75) is 39.7 Å². The Labute approximate surface area is 93.6 Å². The summed E-state index contributed by atoms with van der Waals surface area (Å²) in [5.74, 6) is 2.15. The van der Waals surface area contributed by atoms with Gasteiger partial charge >= 0.3 is 0 Å². The number of rotatable bonds is 6. The molecule has 1 saturated carbocycles. The van der Waals surface area contributed by atoms with Gasteiger partial charge in [-0.1, -0.05) is 20.8 Å².